The Morgan fingerprint density at radius 3 is 2.60 bits per heavy atom. The molecule has 5 heteroatoms. The molecule has 0 aliphatic carbocycles. The SMILES string of the molecule is CCN(C(=O)C=Cc1ccccc1Br)C(C)CC(=O)O. The predicted octanol–water partition coefficient (Wildman–Crippen LogP) is 3.17. The van der Waals surface area contributed by atoms with E-state index in [1.54, 1.807) is 17.9 Å². The van der Waals surface area contributed by atoms with E-state index >= 15 is 0 Å². The van der Waals surface area contributed by atoms with Gasteiger partial charge in [-0.05, 0) is 31.6 Å². The third-order valence-corrected chi connectivity index (χ3v) is 3.66. The first-order valence-electron chi connectivity index (χ1n) is 6.40. The molecular weight excluding hydrogens is 322 g/mol. The average Bonchev–Trinajstić information content (AvgIpc) is 2.37. The molecule has 20 heavy (non-hydrogen) atoms. The summed E-state index contributed by atoms with van der Waals surface area (Å²) in [6.07, 6.45) is 3.15. The number of likely N-dealkylation sites (N-methyl/N-ethyl adjacent to an activating group) is 1. The summed E-state index contributed by atoms with van der Waals surface area (Å²) < 4.78 is 0.908. The molecule has 0 bridgehead atoms. The number of aliphatic carboxylic acids is 1. The molecule has 1 rings (SSSR count). The highest BCUT2D eigenvalue weighted by Crippen LogP contribution is 2.17. The maximum atomic E-state index is 12.1. The quantitative estimate of drug-likeness (QED) is 0.810. The molecule has 1 aromatic carbocycles. The van der Waals surface area contributed by atoms with Gasteiger partial charge < -0.3 is 10.0 Å². The molecule has 0 radical (unpaired) electrons. The Balaban J connectivity index is 2.77. The van der Waals surface area contributed by atoms with Gasteiger partial charge in [-0.1, -0.05) is 34.1 Å². The van der Waals surface area contributed by atoms with Crippen LogP contribution in [0.1, 0.15) is 25.8 Å². The van der Waals surface area contributed by atoms with Gasteiger partial charge in [-0.3, -0.25) is 9.59 Å². The molecule has 0 heterocycles. The number of carbonyl (C=O) groups is 2. The van der Waals surface area contributed by atoms with Gasteiger partial charge in [0.1, 0.15) is 0 Å². The predicted molar refractivity (Wildman–Crippen MR) is 82.3 cm³/mol. The summed E-state index contributed by atoms with van der Waals surface area (Å²) in [6.45, 7) is 4.05. The average molecular weight is 340 g/mol. The molecular formula is C15H18BrNO3. The van der Waals surface area contributed by atoms with E-state index in [-0.39, 0.29) is 18.4 Å². The van der Waals surface area contributed by atoms with Crippen LogP contribution in [0.25, 0.3) is 6.08 Å². The van der Waals surface area contributed by atoms with Crippen molar-refractivity contribution < 1.29 is 14.7 Å². The zero-order valence-electron chi connectivity index (χ0n) is 11.5. The first-order valence-corrected chi connectivity index (χ1v) is 7.20. The molecule has 1 aromatic rings. The Hall–Kier alpha value is -1.62. The number of carbonyl (C=O) groups excluding carboxylic acids is 1. The van der Waals surface area contributed by atoms with Crippen LogP contribution in [0, 0.1) is 0 Å². The smallest absolute Gasteiger partial charge is 0.305 e. The van der Waals surface area contributed by atoms with Crippen molar-refractivity contribution in [1.29, 1.82) is 0 Å². The number of carboxylic acids is 1. The highest BCUT2D eigenvalue weighted by atomic mass is 79.9. The highest BCUT2D eigenvalue weighted by molar-refractivity contribution is 9.10. The first kappa shape index (κ1) is 16.4. The van der Waals surface area contributed by atoms with E-state index in [2.05, 4.69) is 15.9 Å². The number of nitrogens with zero attached hydrogens (tertiary/aromatic N) is 1. The number of rotatable bonds is 6. The van der Waals surface area contributed by atoms with Crippen LogP contribution in [0.2, 0.25) is 0 Å². The molecule has 1 amide bonds. The summed E-state index contributed by atoms with van der Waals surface area (Å²) in [4.78, 5) is 24.4. The van der Waals surface area contributed by atoms with E-state index in [0.717, 1.165) is 10.0 Å². The normalized spacial score (nSPS) is 12.3. The van der Waals surface area contributed by atoms with Gasteiger partial charge in [0, 0.05) is 23.1 Å². The summed E-state index contributed by atoms with van der Waals surface area (Å²) in [7, 11) is 0. The summed E-state index contributed by atoms with van der Waals surface area (Å²) in [5.41, 5.74) is 0.905. The lowest BCUT2D eigenvalue weighted by Crippen LogP contribution is -2.38. The topological polar surface area (TPSA) is 57.6 Å². The molecule has 0 saturated carbocycles. The largest absolute Gasteiger partial charge is 0.481 e. The number of halogens is 1. The van der Waals surface area contributed by atoms with Gasteiger partial charge in [-0.2, -0.15) is 0 Å². The van der Waals surface area contributed by atoms with Crippen molar-refractivity contribution in [3.8, 4) is 0 Å². The second-order valence-electron chi connectivity index (χ2n) is 4.43. The molecule has 108 valence electrons. The monoisotopic (exact) mass is 339 g/mol. The van der Waals surface area contributed by atoms with Crippen molar-refractivity contribution in [2.75, 3.05) is 6.54 Å². The van der Waals surface area contributed by atoms with Crippen LogP contribution < -0.4 is 0 Å². The summed E-state index contributed by atoms with van der Waals surface area (Å²) in [5, 5.41) is 8.79. The molecule has 0 aliphatic rings. The number of benzene rings is 1. The Morgan fingerprint density at radius 1 is 1.40 bits per heavy atom. The molecule has 0 aliphatic heterocycles. The maximum absolute atomic E-state index is 12.1. The zero-order chi connectivity index (χ0) is 15.1. The van der Waals surface area contributed by atoms with E-state index in [9.17, 15) is 9.59 Å². The van der Waals surface area contributed by atoms with Crippen molar-refractivity contribution in [3.63, 3.8) is 0 Å². The molecule has 0 aromatic heterocycles. The Labute approximate surface area is 127 Å². The van der Waals surface area contributed by atoms with Crippen molar-refractivity contribution in [2.24, 2.45) is 0 Å². The van der Waals surface area contributed by atoms with Crippen molar-refractivity contribution in [1.82, 2.24) is 4.90 Å². The lowest BCUT2D eigenvalue weighted by Gasteiger charge is -2.25. The minimum absolute atomic E-state index is 0.0531. The fraction of sp³-hybridized carbons (Fsp3) is 0.333. The number of hydrogen-bond acceptors (Lipinski definition) is 2. The van der Waals surface area contributed by atoms with Crippen LogP contribution in [0.5, 0.6) is 0 Å². The van der Waals surface area contributed by atoms with Gasteiger partial charge in [0.25, 0.3) is 0 Å². The third-order valence-electron chi connectivity index (χ3n) is 2.94. The van der Waals surface area contributed by atoms with E-state index < -0.39 is 5.97 Å². The van der Waals surface area contributed by atoms with Crippen LogP contribution in [0.4, 0.5) is 0 Å². The van der Waals surface area contributed by atoms with Gasteiger partial charge in [-0.15, -0.1) is 0 Å². The molecule has 0 fully saturated rings. The summed E-state index contributed by atoms with van der Waals surface area (Å²) in [6, 6.07) is 7.25. The van der Waals surface area contributed by atoms with Crippen molar-refractivity contribution in [2.45, 2.75) is 26.3 Å². The zero-order valence-corrected chi connectivity index (χ0v) is 13.1. The van der Waals surface area contributed by atoms with Crippen LogP contribution in [0.15, 0.2) is 34.8 Å². The Morgan fingerprint density at radius 2 is 2.05 bits per heavy atom. The first-order chi connectivity index (χ1) is 9.45. The van der Waals surface area contributed by atoms with Gasteiger partial charge in [-0.25, -0.2) is 0 Å². The number of carboxylic acid groups (broad SMARTS) is 1. The van der Waals surface area contributed by atoms with Gasteiger partial charge in [0.2, 0.25) is 5.91 Å². The maximum Gasteiger partial charge on any atom is 0.305 e. The van der Waals surface area contributed by atoms with Crippen LogP contribution in [-0.4, -0.2) is 34.5 Å². The molecule has 1 atom stereocenters. The van der Waals surface area contributed by atoms with Gasteiger partial charge in [0.15, 0.2) is 0 Å². The molecule has 0 spiro atoms. The lowest BCUT2D eigenvalue weighted by atomic mass is 10.1. The van der Waals surface area contributed by atoms with Crippen LogP contribution >= 0.6 is 15.9 Å². The van der Waals surface area contributed by atoms with Crippen molar-refractivity contribution >= 4 is 33.9 Å². The molecule has 1 N–H and O–H groups in total. The second kappa shape index (κ2) is 7.85. The van der Waals surface area contributed by atoms with E-state index in [0.29, 0.717) is 6.54 Å². The summed E-state index contributed by atoms with van der Waals surface area (Å²) in [5.74, 6) is -1.09. The van der Waals surface area contributed by atoms with Gasteiger partial charge in [0.05, 0.1) is 6.42 Å². The lowest BCUT2D eigenvalue weighted by molar-refractivity contribution is -0.139. The van der Waals surface area contributed by atoms with Crippen LogP contribution in [-0.2, 0) is 9.59 Å². The second-order valence-corrected chi connectivity index (χ2v) is 5.28. The summed E-state index contributed by atoms with van der Waals surface area (Å²) >= 11 is 3.41. The fourth-order valence-electron chi connectivity index (χ4n) is 1.91. The van der Waals surface area contributed by atoms with Crippen LogP contribution in [0.3, 0.4) is 0 Å². The highest BCUT2D eigenvalue weighted by Gasteiger charge is 2.18. The van der Waals surface area contributed by atoms with Crippen molar-refractivity contribution in [3.05, 3.63) is 40.4 Å². The molecule has 0 saturated heterocycles. The Kier molecular flexibility index (Phi) is 6.45. The standard InChI is InChI=1S/C15H18BrNO3/c1-3-17(11(2)10-15(19)20)14(18)9-8-12-6-4-5-7-13(12)16/h4-9,11H,3,10H2,1-2H3,(H,19,20). The molecule has 4 nitrogen and oxygen atoms in total. The minimum atomic E-state index is -0.904. The number of amides is 1. The Bertz CT molecular complexity index is 514. The van der Waals surface area contributed by atoms with Gasteiger partial charge >= 0.3 is 5.97 Å². The minimum Gasteiger partial charge on any atom is -0.481 e. The molecule has 1 unspecified atom stereocenters. The van der Waals surface area contributed by atoms with E-state index in [1.807, 2.05) is 31.2 Å². The fourth-order valence-corrected chi connectivity index (χ4v) is 2.33. The van der Waals surface area contributed by atoms with E-state index in [1.165, 1.54) is 6.08 Å². The van der Waals surface area contributed by atoms with E-state index in [4.69, 9.17) is 5.11 Å². The third kappa shape index (κ3) is 4.81. The number of hydrogen-bond donors (Lipinski definition) is 1.